The predicted octanol–water partition coefficient (Wildman–Crippen LogP) is 4.66. The Bertz CT molecular complexity index is 987. The van der Waals surface area contributed by atoms with Crippen molar-refractivity contribution < 1.29 is 4.79 Å². The van der Waals surface area contributed by atoms with Gasteiger partial charge in [0.25, 0.3) is 0 Å². The number of anilines is 2. The summed E-state index contributed by atoms with van der Waals surface area (Å²) in [5, 5.41) is 3.62. The maximum atomic E-state index is 12.2. The van der Waals surface area contributed by atoms with E-state index in [0.29, 0.717) is 19.5 Å². The Morgan fingerprint density at radius 1 is 1.07 bits per heavy atom. The zero-order valence-corrected chi connectivity index (χ0v) is 16.7. The normalized spacial score (nSPS) is 13.3. The molecular weight excluding hydrogens is 348 g/mol. The maximum Gasteiger partial charge on any atom is 0.222 e. The topological polar surface area (TPSA) is 50.2 Å². The largest absolute Gasteiger partial charge is 0.340 e. The van der Waals surface area contributed by atoms with Crippen LogP contribution >= 0.6 is 0 Å². The van der Waals surface area contributed by atoms with Gasteiger partial charge in [0.1, 0.15) is 17.3 Å². The number of benzene rings is 2. The minimum absolute atomic E-state index is 0.180. The number of imidazole rings is 1. The first kappa shape index (κ1) is 18.3. The van der Waals surface area contributed by atoms with Crippen LogP contribution in [0.4, 0.5) is 11.5 Å². The van der Waals surface area contributed by atoms with Crippen LogP contribution < -0.4 is 5.32 Å². The fourth-order valence-corrected chi connectivity index (χ4v) is 3.88. The lowest BCUT2D eigenvalue weighted by Gasteiger charge is -2.28. The molecule has 0 bridgehead atoms. The number of aromatic nitrogens is 2. The van der Waals surface area contributed by atoms with Gasteiger partial charge in [0.2, 0.25) is 5.91 Å². The molecule has 28 heavy (non-hydrogen) atoms. The van der Waals surface area contributed by atoms with Crippen molar-refractivity contribution in [2.75, 3.05) is 11.9 Å². The maximum absolute atomic E-state index is 12.2. The molecule has 5 heteroatoms. The molecule has 5 nitrogen and oxygen atoms in total. The van der Waals surface area contributed by atoms with Crippen LogP contribution in [0.2, 0.25) is 0 Å². The number of carbonyl (C=O) groups is 1. The van der Waals surface area contributed by atoms with Gasteiger partial charge in [-0.05, 0) is 37.1 Å². The third-order valence-corrected chi connectivity index (χ3v) is 5.16. The Kier molecular flexibility index (Phi) is 4.90. The summed E-state index contributed by atoms with van der Waals surface area (Å²) in [6.07, 6.45) is 0.528. The lowest BCUT2D eigenvalue weighted by Crippen LogP contribution is -2.38. The van der Waals surface area contributed by atoms with Crippen molar-refractivity contribution in [2.24, 2.45) is 0 Å². The highest BCUT2D eigenvalue weighted by Gasteiger charge is 2.26. The molecule has 4 rings (SSSR count). The van der Waals surface area contributed by atoms with E-state index < -0.39 is 0 Å². The summed E-state index contributed by atoms with van der Waals surface area (Å²) in [5.74, 6) is 2.10. The molecule has 0 aliphatic carbocycles. The number of aryl methyl sites for hydroxylation is 2. The molecule has 0 unspecified atom stereocenters. The van der Waals surface area contributed by atoms with Crippen LogP contribution in [0, 0.1) is 13.8 Å². The Morgan fingerprint density at radius 3 is 2.46 bits per heavy atom. The minimum atomic E-state index is 0.180. The summed E-state index contributed by atoms with van der Waals surface area (Å²) in [6, 6.07) is 16.7. The van der Waals surface area contributed by atoms with E-state index in [2.05, 4.69) is 54.1 Å². The van der Waals surface area contributed by atoms with E-state index >= 15 is 0 Å². The van der Waals surface area contributed by atoms with Crippen LogP contribution in [0.1, 0.15) is 30.3 Å². The number of rotatable bonds is 4. The molecule has 0 spiro atoms. The summed E-state index contributed by atoms with van der Waals surface area (Å²) >= 11 is 0. The highest BCUT2D eigenvalue weighted by Crippen LogP contribution is 2.33. The lowest BCUT2D eigenvalue weighted by molar-refractivity contribution is -0.132. The van der Waals surface area contributed by atoms with Gasteiger partial charge < -0.3 is 14.8 Å². The van der Waals surface area contributed by atoms with Crippen molar-refractivity contribution in [3.05, 3.63) is 65.5 Å². The number of carbonyl (C=O) groups excluding carboxylic acids is 1. The molecule has 1 aliphatic heterocycles. The number of nitrogens with one attached hydrogen (secondary N) is 1. The molecule has 0 fully saturated rings. The van der Waals surface area contributed by atoms with Gasteiger partial charge in [-0.3, -0.25) is 4.79 Å². The first-order valence-corrected chi connectivity index (χ1v) is 9.83. The van der Waals surface area contributed by atoms with Gasteiger partial charge in [0.05, 0.1) is 6.54 Å². The first-order chi connectivity index (χ1) is 13.5. The molecule has 2 aromatic carbocycles. The van der Waals surface area contributed by atoms with Crippen molar-refractivity contribution in [1.29, 1.82) is 0 Å². The Balaban J connectivity index is 1.78. The minimum Gasteiger partial charge on any atom is -0.340 e. The molecule has 1 N–H and O–H groups in total. The van der Waals surface area contributed by atoms with Crippen molar-refractivity contribution in [3.8, 4) is 11.3 Å². The van der Waals surface area contributed by atoms with Crippen LogP contribution in [0.15, 0.2) is 48.5 Å². The molecule has 0 atom stereocenters. The molecule has 0 saturated heterocycles. The summed E-state index contributed by atoms with van der Waals surface area (Å²) in [7, 11) is 0. The number of amides is 1. The fraction of sp³-hybridized carbons (Fsp3) is 0.304. The van der Waals surface area contributed by atoms with Crippen LogP contribution in [0.25, 0.3) is 11.3 Å². The van der Waals surface area contributed by atoms with Crippen molar-refractivity contribution >= 4 is 17.4 Å². The van der Waals surface area contributed by atoms with Crippen molar-refractivity contribution in [1.82, 2.24) is 14.5 Å². The molecule has 0 saturated carbocycles. The Labute approximate surface area is 166 Å². The molecule has 1 aliphatic rings. The quantitative estimate of drug-likeness (QED) is 0.722. The second-order valence-corrected chi connectivity index (χ2v) is 7.41. The summed E-state index contributed by atoms with van der Waals surface area (Å²) in [4.78, 5) is 19.0. The number of hydrogen-bond acceptors (Lipinski definition) is 3. The Hall–Kier alpha value is -3.08. The van der Waals surface area contributed by atoms with Gasteiger partial charge >= 0.3 is 0 Å². The fourth-order valence-electron chi connectivity index (χ4n) is 3.88. The summed E-state index contributed by atoms with van der Waals surface area (Å²) < 4.78 is 2.22. The highest BCUT2D eigenvalue weighted by atomic mass is 16.2. The van der Waals surface area contributed by atoms with E-state index in [4.69, 9.17) is 4.98 Å². The zero-order valence-electron chi connectivity index (χ0n) is 16.7. The average Bonchev–Trinajstić information content (AvgIpc) is 3.05. The molecule has 1 aromatic heterocycles. The molecular formula is C23H26N4O. The van der Waals surface area contributed by atoms with Gasteiger partial charge in [-0.15, -0.1) is 0 Å². The molecule has 144 valence electrons. The molecule has 3 aromatic rings. The van der Waals surface area contributed by atoms with Crippen molar-refractivity contribution in [3.63, 3.8) is 0 Å². The van der Waals surface area contributed by atoms with Crippen LogP contribution in [-0.4, -0.2) is 26.9 Å². The van der Waals surface area contributed by atoms with Crippen LogP contribution in [0.5, 0.6) is 0 Å². The SMILES string of the molecule is CCC(=O)N1CCn2c(nc(-c3ccccc3)c2Nc2cc(C)cc(C)c2)C1. The van der Waals surface area contributed by atoms with Gasteiger partial charge in [-0.25, -0.2) is 4.98 Å². The highest BCUT2D eigenvalue weighted by molar-refractivity contribution is 5.78. The van der Waals surface area contributed by atoms with Gasteiger partial charge in [-0.2, -0.15) is 0 Å². The number of fused-ring (bicyclic) bond motifs is 1. The monoisotopic (exact) mass is 374 g/mol. The lowest BCUT2D eigenvalue weighted by atomic mass is 10.1. The van der Waals surface area contributed by atoms with Crippen LogP contribution in [0.3, 0.4) is 0 Å². The van der Waals surface area contributed by atoms with Gasteiger partial charge in [-0.1, -0.05) is 43.3 Å². The first-order valence-electron chi connectivity index (χ1n) is 9.83. The zero-order chi connectivity index (χ0) is 19.7. The van der Waals surface area contributed by atoms with E-state index in [1.165, 1.54) is 11.1 Å². The van der Waals surface area contributed by atoms with E-state index in [-0.39, 0.29) is 5.91 Å². The number of nitrogens with zero attached hydrogens (tertiary/aromatic N) is 3. The summed E-state index contributed by atoms with van der Waals surface area (Å²) in [6.45, 7) is 8.14. The smallest absolute Gasteiger partial charge is 0.222 e. The second-order valence-electron chi connectivity index (χ2n) is 7.41. The average molecular weight is 374 g/mol. The predicted molar refractivity (Wildman–Crippen MR) is 113 cm³/mol. The molecule has 2 heterocycles. The van der Waals surface area contributed by atoms with Crippen LogP contribution in [-0.2, 0) is 17.9 Å². The van der Waals surface area contributed by atoms with Gasteiger partial charge in [0.15, 0.2) is 0 Å². The third kappa shape index (κ3) is 3.52. The molecule has 0 radical (unpaired) electrons. The number of hydrogen-bond donors (Lipinski definition) is 1. The van der Waals surface area contributed by atoms with E-state index in [1.807, 2.05) is 30.0 Å². The van der Waals surface area contributed by atoms with Crippen molar-refractivity contribution in [2.45, 2.75) is 40.3 Å². The van der Waals surface area contributed by atoms with Gasteiger partial charge in [0, 0.05) is 30.8 Å². The van der Waals surface area contributed by atoms with E-state index in [9.17, 15) is 4.79 Å². The Morgan fingerprint density at radius 2 is 1.79 bits per heavy atom. The summed E-state index contributed by atoms with van der Waals surface area (Å²) in [5.41, 5.74) is 5.51. The van der Waals surface area contributed by atoms with E-state index in [1.54, 1.807) is 0 Å². The standard InChI is InChI=1S/C23H26N4O/c1-4-21(28)26-10-11-27-20(15-26)25-22(18-8-6-5-7-9-18)23(27)24-19-13-16(2)12-17(3)14-19/h5-9,12-14,24H,4,10-11,15H2,1-3H3. The second kappa shape index (κ2) is 7.50. The molecule has 1 amide bonds. The van der Waals surface area contributed by atoms with E-state index in [0.717, 1.165) is 35.1 Å². The third-order valence-electron chi connectivity index (χ3n) is 5.16.